The number of hydrogen-bond donors (Lipinski definition) is 2. The number of benzene rings is 4. The Morgan fingerprint density at radius 2 is 0.930 bits per heavy atom. The lowest BCUT2D eigenvalue weighted by Gasteiger charge is -2.39. The molecule has 4 aliphatic rings. The largest absolute Gasteiger partial charge is 0.468 e. The number of fused-ring (bicyclic) bond motifs is 13. The molecule has 7 aromatic rings. The summed E-state index contributed by atoms with van der Waals surface area (Å²) in [5, 5.41) is 0. The average molecular weight is 938 g/mol. The number of carbonyl (C=O) groups is 4. The Morgan fingerprint density at radius 3 is 1.37 bits per heavy atom. The number of aromatic nitrogens is 4. The molecule has 3 aliphatic heterocycles. The van der Waals surface area contributed by atoms with Crippen molar-refractivity contribution in [3.63, 3.8) is 0 Å². The number of methoxy groups -OCH3 is 4. The van der Waals surface area contributed by atoms with Crippen LogP contribution in [0.3, 0.4) is 0 Å². The fourth-order valence-electron chi connectivity index (χ4n) is 10.6. The number of hydrogen-bond acceptors (Lipinski definition) is 11. The van der Waals surface area contributed by atoms with Crippen LogP contribution in [0.2, 0.25) is 0 Å². The zero-order valence-electron chi connectivity index (χ0n) is 38.9. The van der Waals surface area contributed by atoms with Crippen molar-refractivity contribution in [1.29, 1.82) is 0 Å². The van der Waals surface area contributed by atoms with Gasteiger partial charge in [0, 0.05) is 44.4 Å². The highest BCUT2D eigenvalue weighted by molar-refractivity contribution is 6.43. The third kappa shape index (κ3) is 6.95. The third-order valence-electron chi connectivity index (χ3n) is 13.6. The summed E-state index contributed by atoms with van der Waals surface area (Å²) in [6.07, 6.45) is 9.36. The van der Waals surface area contributed by atoms with E-state index in [4.69, 9.17) is 33.9 Å². The van der Waals surface area contributed by atoms with Crippen LogP contribution in [-0.2, 0) is 38.1 Å². The Morgan fingerprint density at radius 1 is 0.493 bits per heavy atom. The molecule has 1 aliphatic carbocycles. The van der Waals surface area contributed by atoms with Gasteiger partial charge in [-0.3, -0.25) is 14.6 Å². The van der Waals surface area contributed by atoms with Gasteiger partial charge < -0.3 is 28.9 Å². The molecule has 3 atom stereocenters. The monoisotopic (exact) mass is 937 g/mol. The standard InChI is InChI=1S/C58H43N5O8/c1-68-54(64)37-31-36-48(53-58(37,57(67)71-4)49(55(65)69-2)52(63-53)56(66)70-3)51-47(35-23-15-8-16-24-35)43-30-28-41(61-43)45(33-19-11-6-12-20-33)39-26-25-38(59-39)44(32-17-9-5-10-18-32)40-27-29-42(60-40)46(50(36)62-51)34-21-13-7-14-22-34/h5-31,49,53,59,62H,1-4H3. The number of esters is 4. The predicted molar refractivity (Wildman–Crippen MR) is 273 cm³/mol. The second-order valence-corrected chi connectivity index (χ2v) is 17.2. The predicted octanol–water partition coefficient (Wildman–Crippen LogP) is 10.5. The summed E-state index contributed by atoms with van der Waals surface area (Å²) in [6.45, 7) is 0. The van der Waals surface area contributed by atoms with E-state index in [1.54, 1.807) is 0 Å². The van der Waals surface area contributed by atoms with E-state index in [1.165, 1.54) is 13.2 Å². The Balaban J connectivity index is 1.43. The minimum absolute atomic E-state index is 0.289. The molecule has 3 unspecified atom stereocenters. The number of nitrogens with zero attached hydrogens (tertiary/aromatic N) is 3. The fraction of sp³-hybridized carbons (Fsp3) is 0.121. The van der Waals surface area contributed by atoms with E-state index in [0.717, 1.165) is 65.7 Å². The number of rotatable bonds is 8. The van der Waals surface area contributed by atoms with Crippen molar-refractivity contribution in [3.8, 4) is 44.5 Å². The zero-order chi connectivity index (χ0) is 49.0. The number of nitrogens with one attached hydrogen (secondary N) is 2. The molecule has 4 aromatic carbocycles. The SMILES string of the molecule is COC(=O)C1=Cc2c(c3[nH]c2c(-c2ccccc2)c2nc(c(-c4ccccc4)c4ccc([nH]4)c(-c4ccccc4)c4nc(c3-c3ccccc3)C=C4)C=C2)C2N=C(C(=O)OC)C(C(=O)OC)C12C(=O)OC. The summed E-state index contributed by atoms with van der Waals surface area (Å²) in [7, 11) is 4.58. The molecule has 0 spiro atoms. The number of ether oxygens (including phenoxy) is 4. The van der Waals surface area contributed by atoms with Gasteiger partial charge in [0.2, 0.25) is 0 Å². The highest BCUT2D eigenvalue weighted by Crippen LogP contribution is 2.61. The van der Waals surface area contributed by atoms with E-state index in [2.05, 4.69) is 22.1 Å². The van der Waals surface area contributed by atoms with Crippen molar-refractivity contribution in [2.24, 2.45) is 16.3 Å². The first kappa shape index (κ1) is 44.3. The lowest BCUT2D eigenvalue weighted by Crippen LogP contribution is -2.52. The normalized spacial score (nSPS) is 17.4. The van der Waals surface area contributed by atoms with Crippen molar-refractivity contribution in [2.75, 3.05) is 28.4 Å². The van der Waals surface area contributed by atoms with E-state index in [0.29, 0.717) is 56.1 Å². The lowest BCUT2D eigenvalue weighted by molar-refractivity contribution is -0.163. The van der Waals surface area contributed by atoms with Crippen LogP contribution in [0, 0.1) is 11.3 Å². The van der Waals surface area contributed by atoms with Crippen LogP contribution in [0.4, 0.5) is 0 Å². The highest BCUT2D eigenvalue weighted by Gasteiger charge is 2.69. The second kappa shape index (κ2) is 17.7. The van der Waals surface area contributed by atoms with Crippen LogP contribution in [0.25, 0.3) is 97.0 Å². The first-order chi connectivity index (χ1) is 34.7. The van der Waals surface area contributed by atoms with E-state index in [1.807, 2.05) is 146 Å². The van der Waals surface area contributed by atoms with Crippen molar-refractivity contribution >= 4 is 82.0 Å². The Labute approximate surface area is 406 Å². The number of H-pyrrole nitrogens is 2. The summed E-state index contributed by atoms with van der Waals surface area (Å²) >= 11 is 0. The molecule has 0 radical (unpaired) electrons. The van der Waals surface area contributed by atoms with Crippen LogP contribution in [0.1, 0.15) is 39.9 Å². The Bertz CT molecular complexity index is 3670. The van der Waals surface area contributed by atoms with Crippen molar-refractivity contribution in [2.45, 2.75) is 6.04 Å². The van der Waals surface area contributed by atoms with Crippen LogP contribution >= 0.6 is 0 Å². The molecule has 13 heteroatoms. The van der Waals surface area contributed by atoms with Gasteiger partial charge in [-0.25, -0.2) is 19.6 Å². The molecule has 2 N–H and O–H groups in total. The molecule has 13 nitrogen and oxygen atoms in total. The minimum Gasteiger partial charge on any atom is -0.468 e. The van der Waals surface area contributed by atoms with Gasteiger partial charge in [0.15, 0.2) is 0 Å². The second-order valence-electron chi connectivity index (χ2n) is 17.2. The first-order valence-electron chi connectivity index (χ1n) is 22.8. The molecule has 8 bridgehead atoms. The number of aromatic amines is 2. The van der Waals surface area contributed by atoms with Crippen LogP contribution < -0.4 is 0 Å². The fourth-order valence-corrected chi connectivity index (χ4v) is 10.6. The molecular formula is C58H43N5O8. The maximum absolute atomic E-state index is 15.0. The van der Waals surface area contributed by atoms with Crippen molar-refractivity contribution < 1.29 is 38.1 Å². The molecule has 71 heavy (non-hydrogen) atoms. The summed E-state index contributed by atoms with van der Waals surface area (Å²) in [6, 6.07) is 42.0. The average Bonchev–Trinajstić information content (AvgIpc) is 4.29. The molecule has 6 heterocycles. The summed E-state index contributed by atoms with van der Waals surface area (Å²) < 4.78 is 21.6. The van der Waals surface area contributed by atoms with Gasteiger partial charge >= 0.3 is 23.9 Å². The maximum Gasteiger partial charge on any atom is 0.352 e. The molecule has 0 saturated heterocycles. The van der Waals surface area contributed by atoms with Gasteiger partial charge in [-0.05, 0) is 64.8 Å². The summed E-state index contributed by atoms with van der Waals surface area (Å²) in [5.41, 5.74) is 8.87. The van der Waals surface area contributed by atoms with Crippen LogP contribution in [0.15, 0.2) is 144 Å². The number of carbonyl (C=O) groups excluding carboxylic acids is 4. The van der Waals surface area contributed by atoms with Crippen molar-refractivity contribution in [3.05, 3.63) is 173 Å². The quantitative estimate of drug-likeness (QED) is 0.110. The van der Waals surface area contributed by atoms with E-state index >= 15 is 4.79 Å². The molecule has 348 valence electrons. The van der Waals surface area contributed by atoms with Crippen LogP contribution in [-0.4, -0.2) is 78.0 Å². The smallest absolute Gasteiger partial charge is 0.352 e. The Hall–Kier alpha value is -9.23. The van der Waals surface area contributed by atoms with Crippen molar-refractivity contribution in [1.82, 2.24) is 19.9 Å². The molecule has 3 aromatic heterocycles. The number of aliphatic imine (C=N–C) groups is 1. The maximum atomic E-state index is 15.0. The van der Waals surface area contributed by atoms with E-state index in [9.17, 15) is 14.4 Å². The van der Waals surface area contributed by atoms with E-state index < -0.39 is 47.0 Å². The highest BCUT2D eigenvalue weighted by atomic mass is 16.5. The third-order valence-corrected chi connectivity index (χ3v) is 13.6. The summed E-state index contributed by atoms with van der Waals surface area (Å²) in [4.78, 5) is 81.4. The van der Waals surface area contributed by atoms with Gasteiger partial charge in [-0.1, -0.05) is 121 Å². The first-order valence-corrected chi connectivity index (χ1v) is 22.8. The van der Waals surface area contributed by atoms with Gasteiger partial charge in [0.1, 0.15) is 23.1 Å². The van der Waals surface area contributed by atoms with Gasteiger partial charge in [-0.2, -0.15) is 0 Å². The zero-order valence-corrected chi connectivity index (χ0v) is 38.9. The molecular weight excluding hydrogens is 895 g/mol. The molecule has 0 saturated carbocycles. The van der Waals surface area contributed by atoms with Crippen LogP contribution in [0.5, 0.6) is 0 Å². The van der Waals surface area contributed by atoms with Gasteiger partial charge in [0.25, 0.3) is 0 Å². The topological polar surface area (TPSA) is 175 Å². The minimum atomic E-state index is -2.34. The van der Waals surface area contributed by atoms with Gasteiger partial charge in [-0.15, -0.1) is 0 Å². The summed E-state index contributed by atoms with van der Waals surface area (Å²) in [5.74, 6) is -5.84. The molecule has 0 amide bonds. The van der Waals surface area contributed by atoms with E-state index in [-0.39, 0.29) is 5.57 Å². The van der Waals surface area contributed by atoms with Gasteiger partial charge in [0.05, 0.1) is 67.8 Å². The lowest BCUT2D eigenvalue weighted by atomic mass is 9.61. The molecule has 0 fully saturated rings. The molecule has 11 rings (SSSR count). The Kier molecular flexibility index (Phi) is 11.0.